The van der Waals surface area contributed by atoms with Crippen molar-refractivity contribution in [1.29, 1.82) is 0 Å². The molecule has 0 aliphatic carbocycles. The molecule has 0 fully saturated rings. The first kappa shape index (κ1) is 12.6. The maximum Gasteiger partial charge on any atom is 0.0879 e. The van der Waals surface area contributed by atoms with Gasteiger partial charge in [-0.1, -0.05) is 0 Å². The van der Waals surface area contributed by atoms with E-state index in [-0.39, 0.29) is 0 Å². The van der Waals surface area contributed by atoms with E-state index < -0.39 is 0 Å². The van der Waals surface area contributed by atoms with Gasteiger partial charge in [-0.3, -0.25) is 9.97 Å². The van der Waals surface area contributed by atoms with Crippen molar-refractivity contribution in [3.8, 4) is 0 Å². The minimum Gasteiger partial charge on any atom is -0.504 e. The minimum atomic E-state index is 0.884. The average molecular weight is 221 g/mol. The van der Waals surface area contributed by atoms with Crippen molar-refractivity contribution in [1.82, 2.24) is 14.9 Å². The zero-order valence-electron chi connectivity index (χ0n) is 10.4. The van der Waals surface area contributed by atoms with Gasteiger partial charge in [-0.25, -0.2) is 0 Å². The van der Waals surface area contributed by atoms with Gasteiger partial charge >= 0.3 is 0 Å². The van der Waals surface area contributed by atoms with Crippen LogP contribution in [0.4, 0.5) is 0 Å². The minimum absolute atomic E-state index is 0.884. The molecule has 0 aliphatic rings. The zero-order chi connectivity index (χ0) is 12.0. The van der Waals surface area contributed by atoms with E-state index in [1.807, 2.05) is 21.0 Å². The van der Waals surface area contributed by atoms with Gasteiger partial charge in [0.15, 0.2) is 0 Å². The average Bonchev–Trinajstić information content (AvgIpc) is 2.25. The summed E-state index contributed by atoms with van der Waals surface area (Å²) in [5.74, 6) is 0. The molecule has 0 bridgehead atoms. The molecule has 0 spiro atoms. The van der Waals surface area contributed by atoms with Crippen LogP contribution in [0.15, 0.2) is 18.7 Å². The molecule has 0 atom stereocenters. The second-order valence-corrected chi connectivity index (χ2v) is 3.98. The van der Waals surface area contributed by atoms with Gasteiger partial charge in [-0.15, -0.1) is 0 Å². The van der Waals surface area contributed by atoms with Crippen LogP contribution >= 0.6 is 0 Å². The summed E-state index contributed by atoms with van der Waals surface area (Å²) < 4.78 is 5.07. The first-order valence-corrected chi connectivity index (χ1v) is 5.29. The molecule has 88 valence electrons. The van der Waals surface area contributed by atoms with Crippen LogP contribution in [-0.4, -0.2) is 42.6 Å². The Kier molecular flexibility index (Phi) is 4.92. The number of nitrogens with zero attached hydrogens (tertiary/aromatic N) is 3. The molecule has 1 heterocycles. The van der Waals surface area contributed by atoms with Crippen LogP contribution in [0.5, 0.6) is 0 Å². The Labute approximate surface area is 97.0 Å². The lowest BCUT2D eigenvalue weighted by Gasteiger charge is -2.11. The Balaban J connectivity index is 2.77. The number of hydrogen-bond donors (Lipinski definition) is 0. The maximum atomic E-state index is 5.07. The van der Waals surface area contributed by atoms with E-state index in [4.69, 9.17) is 4.74 Å². The van der Waals surface area contributed by atoms with Gasteiger partial charge in [0.05, 0.1) is 31.0 Å². The molecule has 16 heavy (non-hydrogen) atoms. The van der Waals surface area contributed by atoms with E-state index in [1.54, 1.807) is 25.8 Å². The molecule has 4 nitrogen and oxygen atoms in total. The SMILES string of the molecule is CO/C=C(\CCN(C)C)c1cnc(C)cn1. The summed E-state index contributed by atoms with van der Waals surface area (Å²) in [7, 11) is 5.74. The second kappa shape index (κ2) is 6.23. The fourth-order valence-corrected chi connectivity index (χ4v) is 1.29. The highest BCUT2D eigenvalue weighted by Gasteiger charge is 2.05. The summed E-state index contributed by atoms with van der Waals surface area (Å²) in [5.41, 5.74) is 2.88. The van der Waals surface area contributed by atoms with Crippen LogP contribution in [0.1, 0.15) is 17.8 Å². The van der Waals surface area contributed by atoms with Crippen molar-refractivity contribution in [2.45, 2.75) is 13.3 Å². The lowest BCUT2D eigenvalue weighted by atomic mass is 10.1. The first-order valence-electron chi connectivity index (χ1n) is 5.29. The van der Waals surface area contributed by atoms with Gasteiger partial charge in [-0.05, 0) is 27.4 Å². The smallest absolute Gasteiger partial charge is 0.0879 e. The number of methoxy groups -OCH3 is 1. The Bertz CT molecular complexity index is 344. The van der Waals surface area contributed by atoms with Gasteiger partial charge in [0.25, 0.3) is 0 Å². The largest absolute Gasteiger partial charge is 0.504 e. The molecular formula is C12H19N3O. The standard InChI is InChI=1S/C12H19N3O/c1-10-7-14-12(8-13-10)11(9-16-4)5-6-15(2)3/h7-9H,5-6H2,1-4H3/b11-9+. The summed E-state index contributed by atoms with van der Waals surface area (Å²) in [6.07, 6.45) is 6.20. The topological polar surface area (TPSA) is 38.2 Å². The Morgan fingerprint density at radius 3 is 2.62 bits per heavy atom. The molecule has 0 N–H and O–H groups in total. The third-order valence-electron chi connectivity index (χ3n) is 2.20. The summed E-state index contributed by atoms with van der Waals surface area (Å²) in [6.45, 7) is 2.89. The van der Waals surface area contributed by atoms with E-state index >= 15 is 0 Å². The molecular weight excluding hydrogens is 202 g/mol. The Morgan fingerprint density at radius 1 is 1.38 bits per heavy atom. The van der Waals surface area contributed by atoms with E-state index in [0.29, 0.717) is 0 Å². The number of aryl methyl sites for hydroxylation is 1. The monoisotopic (exact) mass is 221 g/mol. The highest BCUT2D eigenvalue weighted by atomic mass is 16.5. The van der Waals surface area contributed by atoms with Gasteiger partial charge in [0.1, 0.15) is 0 Å². The predicted molar refractivity (Wildman–Crippen MR) is 64.9 cm³/mol. The van der Waals surface area contributed by atoms with Crippen molar-refractivity contribution in [2.24, 2.45) is 0 Å². The molecule has 0 aromatic carbocycles. The molecule has 4 heteroatoms. The van der Waals surface area contributed by atoms with Crippen LogP contribution in [0.2, 0.25) is 0 Å². The molecule has 1 aromatic rings. The Hall–Kier alpha value is -1.42. The van der Waals surface area contributed by atoms with Crippen molar-refractivity contribution in [3.05, 3.63) is 30.0 Å². The summed E-state index contributed by atoms with van der Waals surface area (Å²) in [6, 6.07) is 0. The van der Waals surface area contributed by atoms with E-state index in [1.165, 1.54) is 0 Å². The predicted octanol–water partition coefficient (Wildman–Crippen LogP) is 1.72. The van der Waals surface area contributed by atoms with Crippen LogP contribution in [0, 0.1) is 6.92 Å². The zero-order valence-corrected chi connectivity index (χ0v) is 10.4. The molecule has 0 amide bonds. The van der Waals surface area contributed by atoms with Crippen molar-refractivity contribution in [3.63, 3.8) is 0 Å². The molecule has 1 rings (SSSR count). The van der Waals surface area contributed by atoms with Gasteiger partial charge in [-0.2, -0.15) is 0 Å². The normalized spacial score (nSPS) is 11.9. The Morgan fingerprint density at radius 2 is 2.12 bits per heavy atom. The molecule has 0 radical (unpaired) electrons. The number of hydrogen-bond acceptors (Lipinski definition) is 4. The highest BCUT2D eigenvalue weighted by Crippen LogP contribution is 2.15. The third-order valence-corrected chi connectivity index (χ3v) is 2.20. The van der Waals surface area contributed by atoms with E-state index in [2.05, 4.69) is 14.9 Å². The van der Waals surface area contributed by atoms with Gasteiger partial charge in [0.2, 0.25) is 0 Å². The van der Waals surface area contributed by atoms with Gasteiger partial charge in [0, 0.05) is 18.3 Å². The quantitative estimate of drug-likeness (QED) is 0.710. The highest BCUT2D eigenvalue weighted by molar-refractivity contribution is 5.60. The third kappa shape index (κ3) is 3.98. The van der Waals surface area contributed by atoms with E-state index in [9.17, 15) is 0 Å². The lowest BCUT2D eigenvalue weighted by molar-refractivity contribution is 0.337. The first-order chi connectivity index (χ1) is 7.63. The fraction of sp³-hybridized carbons (Fsp3) is 0.500. The number of ether oxygens (including phenoxy) is 1. The molecule has 1 aromatic heterocycles. The van der Waals surface area contributed by atoms with E-state index in [0.717, 1.165) is 29.9 Å². The molecule has 0 aliphatic heterocycles. The summed E-state index contributed by atoms with van der Waals surface area (Å²) in [5, 5.41) is 0. The molecule has 0 saturated heterocycles. The van der Waals surface area contributed by atoms with Crippen LogP contribution in [0.25, 0.3) is 5.57 Å². The fourth-order valence-electron chi connectivity index (χ4n) is 1.29. The van der Waals surface area contributed by atoms with Crippen molar-refractivity contribution < 1.29 is 4.74 Å². The van der Waals surface area contributed by atoms with Gasteiger partial charge < -0.3 is 9.64 Å². The second-order valence-electron chi connectivity index (χ2n) is 3.98. The number of rotatable bonds is 5. The van der Waals surface area contributed by atoms with Crippen LogP contribution in [0.3, 0.4) is 0 Å². The van der Waals surface area contributed by atoms with Crippen molar-refractivity contribution >= 4 is 5.57 Å². The van der Waals surface area contributed by atoms with Crippen molar-refractivity contribution in [2.75, 3.05) is 27.7 Å². The summed E-state index contributed by atoms with van der Waals surface area (Å²) >= 11 is 0. The lowest BCUT2D eigenvalue weighted by Crippen LogP contribution is -2.13. The summed E-state index contributed by atoms with van der Waals surface area (Å²) in [4.78, 5) is 10.7. The maximum absolute atomic E-state index is 5.07. The van der Waals surface area contributed by atoms with Crippen LogP contribution in [-0.2, 0) is 4.74 Å². The number of aromatic nitrogens is 2. The molecule has 0 saturated carbocycles. The van der Waals surface area contributed by atoms with Crippen LogP contribution < -0.4 is 0 Å². The molecule has 0 unspecified atom stereocenters.